The zero-order chi connectivity index (χ0) is 14.8. The average Bonchev–Trinajstić information content (AvgIpc) is 2.53. The van der Waals surface area contributed by atoms with E-state index in [1.165, 1.54) is 19.4 Å². The third-order valence-electron chi connectivity index (χ3n) is 5.55. The van der Waals surface area contributed by atoms with E-state index in [4.69, 9.17) is 0 Å². The molecule has 2 N–H and O–H groups in total. The van der Waals surface area contributed by atoms with Gasteiger partial charge in [-0.2, -0.15) is 0 Å². The van der Waals surface area contributed by atoms with E-state index in [2.05, 4.69) is 31.0 Å². The molecule has 118 valence electrons. The molecular formula is C17H34N2O. The standard InChI is InChI=1S/C17H34N2O/c1-5-18-15-14(7-9-16(15,2)3)13-19-11-6-8-17(4,20)10-12-19/h14-15,18,20H,5-13H2,1-4H3. The second-order valence-corrected chi connectivity index (χ2v) is 7.97. The second kappa shape index (κ2) is 6.33. The fraction of sp³-hybridized carbons (Fsp3) is 1.00. The zero-order valence-corrected chi connectivity index (χ0v) is 13.9. The van der Waals surface area contributed by atoms with Crippen molar-refractivity contribution in [2.24, 2.45) is 11.3 Å². The van der Waals surface area contributed by atoms with Crippen molar-refractivity contribution in [3.63, 3.8) is 0 Å². The largest absolute Gasteiger partial charge is 0.390 e. The molecule has 3 unspecified atom stereocenters. The van der Waals surface area contributed by atoms with Crippen LogP contribution in [0.1, 0.15) is 59.8 Å². The van der Waals surface area contributed by atoms with E-state index in [0.717, 1.165) is 44.8 Å². The van der Waals surface area contributed by atoms with E-state index < -0.39 is 5.60 Å². The van der Waals surface area contributed by atoms with E-state index in [1.807, 2.05) is 6.92 Å². The van der Waals surface area contributed by atoms with Crippen LogP contribution in [-0.4, -0.2) is 47.8 Å². The lowest BCUT2D eigenvalue weighted by Gasteiger charge is -2.34. The van der Waals surface area contributed by atoms with Crippen LogP contribution in [0, 0.1) is 11.3 Å². The molecule has 2 fully saturated rings. The van der Waals surface area contributed by atoms with Gasteiger partial charge in [0.2, 0.25) is 0 Å². The van der Waals surface area contributed by atoms with Crippen LogP contribution >= 0.6 is 0 Å². The van der Waals surface area contributed by atoms with Crippen LogP contribution in [-0.2, 0) is 0 Å². The lowest BCUT2D eigenvalue weighted by atomic mass is 9.84. The first-order valence-electron chi connectivity index (χ1n) is 8.52. The Morgan fingerprint density at radius 1 is 1.15 bits per heavy atom. The number of hydrogen-bond donors (Lipinski definition) is 2. The number of nitrogens with zero attached hydrogens (tertiary/aromatic N) is 1. The molecule has 2 aliphatic rings. The van der Waals surface area contributed by atoms with Gasteiger partial charge in [-0.05, 0) is 63.5 Å². The zero-order valence-electron chi connectivity index (χ0n) is 13.9. The highest BCUT2D eigenvalue weighted by Crippen LogP contribution is 2.41. The topological polar surface area (TPSA) is 35.5 Å². The molecule has 0 bridgehead atoms. The third-order valence-corrected chi connectivity index (χ3v) is 5.55. The summed E-state index contributed by atoms with van der Waals surface area (Å²) in [5, 5.41) is 13.9. The molecule has 0 amide bonds. The fourth-order valence-electron chi connectivity index (χ4n) is 4.21. The smallest absolute Gasteiger partial charge is 0.0632 e. The Morgan fingerprint density at radius 2 is 1.90 bits per heavy atom. The van der Waals surface area contributed by atoms with Gasteiger partial charge >= 0.3 is 0 Å². The van der Waals surface area contributed by atoms with Crippen molar-refractivity contribution < 1.29 is 5.11 Å². The summed E-state index contributed by atoms with van der Waals surface area (Å²) in [5.41, 5.74) is -0.0111. The molecule has 20 heavy (non-hydrogen) atoms. The third kappa shape index (κ3) is 3.96. The lowest BCUT2D eigenvalue weighted by molar-refractivity contribution is 0.0439. The molecule has 1 saturated carbocycles. The van der Waals surface area contributed by atoms with E-state index in [0.29, 0.717) is 11.5 Å². The molecule has 1 heterocycles. The normalized spacial score (nSPS) is 38.9. The van der Waals surface area contributed by atoms with Crippen molar-refractivity contribution in [1.82, 2.24) is 10.2 Å². The first kappa shape index (κ1) is 16.3. The summed E-state index contributed by atoms with van der Waals surface area (Å²) in [6, 6.07) is 0.649. The molecule has 0 spiro atoms. The Kier molecular flexibility index (Phi) is 5.14. The lowest BCUT2D eigenvalue weighted by Crippen LogP contribution is -2.46. The molecule has 1 saturated heterocycles. The molecule has 0 aromatic rings. The highest BCUT2D eigenvalue weighted by molar-refractivity contribution is 4.97. The van der Waals surface area contributed by atoms with Crippen molar-refractivity contribution in [3.05, 3.63) is 0 Å². The maximum atomic E-state index is 10.2. The summed E-state index contributed by atoms with van der Waals surface area (Å²) in [6.07, 6.45) is 5.69. The monoisotopic (exact) mass is 282 g/mol. The van der Waals surface area contributed by atoms with Gasteiger partial charge in [0.05, 0.1) is 5.60 Å². The Hall–Kier alpha value is -0.120. The van der Waals surface area contributed by atoms with Gasteiger partial charge < -0.3 is 15.3 Å². The Morgan fingerprint density at radius 3 is 2.60 bits per heavy atom. The van der Waals surface area contributed by atoms with E-state index in [9.17, 15) is 5.11 Å². The van der Waals surface area contributed by atoms with Crippen LogP contribution in [0.15, 0.2) is 0 Å². The van der Waals surface area contributed by atoms with Crippen molar-refractivity contribution in [3.8, 4) is 0 Å². The van der Waals surface area contributed by atoms with Crippen molar-refractivity contribution in [2.45, 2.75) is 71.4 Å². The Labute approximate surface area is 125 Å². The van der Waals surface area contributed by atoms with E-state index in [1.54, 1.807) is 0 Å². The minimum Gasteiger partial charge on any atom is -0.390 e. The van der Waals surface area contributed by atoms with Gasteiger partial charge in [0, 0.05) is 19.1 Å². The van der Waals surface area contributed by atoms with Gasteiger partial charge in [-0.3, -0.25) is 0 Å². The molecular weight excluding hydrogens is 248 g/mol. The van der Waals surface area contributed by atoms with E-state index in [-0.39, 0.29) is 0 Å². The van der Waals surface area contributed by atoms with Crippen molar-refractivity contribution in [2.75, 3.05) is 26.2 Å². The first-order valence-corrected chi connectivity index (χ1v) is 8.52. The predicted octanol–water partition coefficient (Wildman–Crippen LogP) is 2.64. The van der Waals surface area contributed by atoms with Gasteiger partial charge in [0.25, 0.3) is 0 Å². The molecule has 0 aromatic carbocycles. The summed E-state index contributed by atoms with van der Waals surface area (Å²) >= 11 is 0. The van der Waals surface area contributed by atoms with Gasteiger partial charge in [-0.25, -0.2) is 0 Å². The Bertz CT molecular complexity index is 314. The summed E-state index contributed by atoms with van der Waals surface area (Å²) < 4.78 is 0. The molecule has 3 nitrogen and oxygen atoms in total. The number of hydrogen-bond acceptors (Lipinski definition) is 3. The molecule has 2 rings (SSSR count). The van der Waals surface area contributed by atoms with Crippen molar-refractivity contribution in [1.29, 1.82) is 0 Å². The number of rotatable bonds is 4. The summed E-state index contributed by atoms with van der Waals surface area (Å²) in [7, 11) is 0. The van der Waals surface area contributed by atoms with Crippen LogP contribution in [0.2, 0.25) is 0 Å². The summed E-state index contributed by atoms with van der Waals surface area (Å²) in [5.74, 6) is 0.771. The van der Waals surface area contributed by atoms with Crippen LogP contribution < -0.4 is 5.32 Å². The van der Waals surface area contributed by atoms with Crippen LogP contribution in [0.5, 0.6) is 0 Å². The van der Waals surface area contributed by atoms with Gasteiger partial charge in [-0.1, -0.05) is 20.8 Å². The maximum absolute atomic E-state index is 10.2. The summed E-state index contributed by atoms with van der Waals surface area (Å²) in [6.45, 7) is 13.5. The minimum absolute atomic E-state index is 0.429. The fourth-order valence-corrected chi connectivity index (χ4v) is 4.21. The van der Waals surface area contributed by atoms with E-state index >= 15 is 0 Å². The quantitative estimate of drug-likeness (QED) is 0.832. The number of likely N-dealkylation sites (tertiary alicyclic amines) is 1. The molecule has 1 aliphatic carbocycles. The Balaban J connectivity index is 1.92. The minimum atomic E-state index is -0.440. The maximum Gasteiger partial charge on any atom is 0.0632 e. The molecule has 3 atom stereocenters. The van der Waals surface area contributed by atoms with Gasteiger partial charge in [0.15, 0.2) is 0 Å². The van der Waals surface area contributed by atoms with Crippen LogP contribution in [0.4, 0.5) is 0 Å². The van der Waals surface area contributed by atoms with Crippen LogP contribution in [0.25, 0.3) is 0 Å². The SMILES string of the molecule is CCNC1C(CN2CCCC(C)(O)CC2)CCC1(C)C. The average molecular weight is 282 g/mol. The number of aliphatic hydroxyl groups is 1. The second-order valence-electron chi connectivity index (χ2n) is 7.97. The predicted molar refractivity (Wildman–Crippen MR) is 84.9 cm³/mol. The summed E-state index contributed by atoms with van der Waals surface area (Å²) in [4.78, 5) is 2.60. The number of nitrogens with one attached hydrogen (secondary N) is 1. The molecule has 0 aromatic heterocycles. The highest BCUT2D eigenvalue weighted by Gasteiger charge is 2.42. The van der Waals surface area contributed by atoms with Gasteiger partial charge in [-0.15, -0.1) is 0 Å². The first-order chi connectivity index (χ1) is 9.34. The molecule has 1 aliphatic heterocycles. The highest BCUT2D eigenvalue weighted by atomic mass is 16.3. The molecule has 0 radical (unpaired) electrons. The molecule has 3 heteroatoms. The van der Waals surface area contributed by atoms with Gasteiger partial charge in [0.1, 0.15) is 0 Å². The van der Waals surface area contributed by atoms with Crippen LogP contribution in [0.3, 0.4) is 0 Å². The van der Waals surface area contributed by atoms with Crippen molar-refractivity contribution >= 4 is 0 Å².